The minimum Gasteiger partial charge on any atom is -0.548 e. The number of carboxylic acid groups (broad SMARTS) is 1. The first-order valence-electron chi connectivity index (χ1n) is 6.10. The minimum absolute atomic E-state index is 0.0879. The molecule has 0 aromatic carbocycles. The summed E-state index contributed by atoms with van der Waals surface area (Å²) in [6.45, 7) is 7.67. The Bertz CT molecular complexity index is 622. The number of aliphatic carboxylic acids is 1. The number of carbonyl (C=O) groups is 1. The number of nitrogens with zero attached hydrogens (tertiary/aromatic N) is 2. The van der Waals surface area contributed by atoms with Gasteiger partial charge < -0.3 is 15.2 Å². The van der Waals surface area contributed by atoms with Gasteiger partial charge in [0.25, 0.3) is 0 Å². The maximum atomic E-state index is 11.2. The molecule has 1 N–H and O–H groups in total. The molecule has 0 aliphatic heterocycles. The highest BCUT2D eigenvalue weighted by molar-refractivity contribution is 7.18. The van der Waals surface area contributed by atoms with E-state index in [1.807, 2.05) is 27.7 Å². The standard InChI is InChI=1S/C13H17N3O2S/c1-6(2)10(13(17)18)16-11-9-7(3)8(4)19-12(9)15-5-14-11/h5-6,10H,1-4H3,(H,17,18)(H,14,15,16)/p-1/t10-/m0/s1. The molecule has 1 atom stereocenters. The van der Waals surface area contributed by atoms with Crippen molar-refractivity contribution in [3.63, 3.8) is 0 Å². The van der Waals surface area contributed by atoms with E-state index in [2.05, 4.69) is 15.3 Å². The number of carboxylic acids is 1. The van der Waals surface area contributed by atoms with Crippen LogP contribution >= 0.6 is 11.3 Å². The third-order valence-corrected chi connectivity index (χ3v) is 4.29. The van der Waals surface area contributed by atoms with Crippen LogP contribution in [0.3, 0.4) is 0 Å². The van der Waals surface area contributed by atoms with Crippen LogP contribution in [-0.2, 0) is 4.79 Å². The highest BCUT2D eigenvalue weighted by Gasteiger charge is 2.18. The van der Waals surface area contributed by atoms with Crippen LogP contribution < -0.4 is 10.4 Å². The van der Waals surface area contributed by atoms with E-state index in [1.54, 1.807) is 11.3 Å². The molecule has 6 heteroatoms. The Labute approximate surface area is 115 Å². The summed E-state index contributed by atoms with van der Waals surface area (Å²) in [4.78, 5) is 21.6. The lowest BCUT2D eigenvalue weighted by Gasteiger charge is -2.24. The van der Waals surface area contributed by atoms with Gasteiger partial charge >= 0.3 is 0 Å². The van der Waals surface area contributed by atoms with Gasteiger partial charge in [-0.3, -0.25) is 0 Å². The predicted octanol–water partition coefficient (Wildman–Crippen LogP) is 1.49. The third kappa shape index (κ3) is 2.53. The Kier molecular flexibility index (Phi) is 3.71. The first-order chi connectivity index (χ1) is 8.91. The third-order valence-electron chi connectivity index (χ3n) is 3.18. The van der Waals surface area contributed by atoms with Crippen molar-refractivity contribution >= 4 is 33.3 Å². The van der Waals surface area contributed by atoms with E-state index in [0.717, 1.165) is 20.7 Å². The van der Waals surface area contributed by atoms with Gasteiger partial charge in [0.1, 0.15) is 17.0 Å². The molecule has 2 aromatic heterocycles. The van der Waals surface area contributed by atoms with E-state index in [4.69, 9.17) is 0 Å². The average Bonchev–Trinajstić information content (AvgIpc) is 2.62. The van der Waals surface area contributed by atoms with Crippen LogP contribution in [0.25, 0.3) is 10.2 Å². The summed E-state index contributed by atoms with van der Waals surface area (Å²) in [5.41, 5.74) is 1.09. The van der Waals surface area contributed by atoms with Gasteiger partial charge in [0, 0.05) is 4.88 Å². The lowest BCUT2D eigenvalue weighted by molar-refractivity contribution is -0.307. The second-order valence-corrected chi connectivity index (χ2v) is 6.07. The van der Waals surface area contributed by atoms with Gasteiger partial charge in [0.2, 0.25) is 0 Å². The average molecular weight is 278 g/mol. The summed E-state index contributed by atoms with van der Waals surface area (Å²) < 4.78 is 0. The van der Waals surface area contributed by atoms with Crippen molar-refractivity contribution in [2.75, 3.05) is 5.32 Å². The second kappa shape index (κ2) is 5.13. The van der Waals surface area contributed by atoms with Crippen molar-refractivity contribution in [1.29, 1.82) is 0 Å². The number of carbonyl (C=O) groups excluding carboxylic acids is 1. The van der Waals surface area contributed by atoms with E-state index in [9.17, 15) is 9.90 Å². The number of fused-ring (bicyclic) bond motifs is 1. The predicted molar refractivity (Wildman–Crippen MR) is 74.1 cm³/mol. The molecule has 2 heterocycles. The highest BCUT2D eigenvalue weighted by atomic mass is 32.1. The lowest BCUT2D eigenvalue weighted by atomic mass is 10.0. The Morgan fingerprint density at radius 1 is 1.37 bits per heavy atom. The molecule has 102 valence electrons. The molecule has 5 nitrogen and oxygen atoms in total. The molecule has 0 spiro atoms. The van der Waals surface area contributed by atoms with E-state index in [-0.39, 0.29) is 5.92 Å². The van der Waals surface area contributed by atoms with Crippen LogP contribution in [0.5, 0.6) is 0 Å². The van der Waals surface area contributed by atoms with Gasteiger partial charge in [0.05, 0.1) is 17.4 Å². The van der Waals surface area contributed by atoms with Crippen molar-refractivity contribution in [3.8, 4) is 0 Å². The van der Waals surface area contributed by atoms with Crippen LogP contribution in [-0.4, -0.2) is 22.0 Å². The van der Waals surface area contributed by atoms with Crippen molar-refractivity contribution in [2.24, 2.45) is 5.92 Å². The molecular formula is C13H16N3O2S-. The fraction of sp³-hybridized carbons (Fsp3) is 0.462. The summed E-state index contributed by atoms with van der Waals surface area (Å²) >= 11 is 1.58. The fourth-order valence-electron chi connectivity index (χ4n) is 1.94. The van der Waals surface area contributed by atoms with Gasteiger partial charge in [-0.25, -0.2) is 9.97 Å². The van der Waals surface area contributed by atoms with E-state index < -0.39 is 12.0 Å². The minimum atomic E-state index is -1.12. The first-order valence-corrected chi connectivity index (χ1v) is 6.91. The monoisotopic (exact) mass is 278 g/mol. The number of hydrogen-bond donors (Lipinski definition) is 1. The number of thiophene rings is 1. The first kappa shape index (κ1) is 13.7. The van der Waals surface area contributed by atoms with Crippen molar-refractivity contribution < 1.29 is 9.90 Å². The topological polar surface area (TPSA) is 77.9 Å². The summed E-state index contributed by atoms with van der Waals surface area (Å²) in [5.74, 6) is -0.642. The van der Waals surface area contributed by atoms with Gasteiger partial charge in [0.15, 0.2) is 0 Å². The second-order valence-electron chi connectivity index (χ2n) is 4.87. The highest BCUT2D eigenvalue weighted by Crippen LogP contribution is 2.32. The molecule has 0 aliphatic rings. The van der Waals surface area contributed by atoms with Gasteiger partial charge in [-0.2, -0.15) is 0 Å². The zero-order valence-corrected chi connectivity index (χ0v) is 12.2. The molecule has 0 saturated heterocycles. The van der Waals surface area contributed by atoms with E-state index in [1.165, 1.54) is 6.33 Å². The number of nitrogens with one attached hydrogen (secondary N) is 1. The van der Waals surface area contributed by atoms with Gasteiger partial charge in [-0.05, 0) is 25.3 Å². The van der Waals surface area contributed by atoms with Gasteiger partial charge in [-0.1, -0.05) is 13.8 Å². The zero-order valence-electron chi connectivity index (χ0n) is 11.4. The molecule has 0 amide bonds. The molecule has 0 fully saturated rings. The quantitative estimate of drug-likeness (QED) is 0.917. The van der Waals surface area contributed by atoms with Crippen LogP contribution in [0.2, 0.25) is 0 Å². The Morgan fingerprint density at radius 2 is 2.05 bits per heavy atom. The Balaban J connectivity index is 2.48. The summed E-state index contributed by atoms with van der Waals surface area (Å²) in [6, 6.07) is -0.766. The maximum Gasteiger partial charge on any atom is 0.138 e. The molecule has 0 unspecified atom stereocenters. The SMILES string of the molecule is Cc1sc2ncnc(N[C@H](C(=O)[O-])C(C)C)c2c1C. The van der Waals surface area contributed by atoms with E-state index >= 15 is 0 Å². The van der Waals surface area contributed by atoms with Crippen LogP contribution in [0.1, 0.15) is 24.3 Å². The number of hydrogen-bond acceptors (Lipinski definition) is 6. The molecule has 0 aliphatic carbocycles. The number of rotatable bonds is 4. The molecule has 0 radical (unpaired) electrons. The van der Waals surface area contributed by atoms with Crippen LogP contribution in [0, 0.1) is 19.8 Å². The normalized spacial score (nSPS) is 12.9. The summed E-state index contributed by atoms with van der Waals surface area (Å²) in [7, 11) is 0. The summed E-state index contributed by atoms with van der Waals surface area (Å²) in [5, 5.41) is 15.0. The number of anilines is 1. The van der Waals surface area contributed by atoms with Crippen LogP contribution in [0.15, 0.2) is 6.33 Å². The van der Waals surface area contributed by atoms with Crippen molar-refractivity contribution in [1.82, 2.24) is 9.97 Å². The summed E-state index contributed by atoms with van der Waals surface area (Å²) in [6.07, 6.45) is 1.45. The fourth-order valence-corrected chi connectivity index (χ4v) is 2.93. The maximum absolute atomic E-state index is 11.2. The Morgan fingerprint density at radius 3 is 2.63 bits per heavy atom. The largest absolute Gasteiger partial charge is 0.548 e. The lowest BCUT2D eigenvalue weighted by Crippen LogP contribution is -2.44. The van der Waals surface area contributed by atoms with Crippen LogP contribution in [0.4, 0.5) is 5.82 Å². The van der Waals surface area contributed by atoms with E-state index in [0.29, 0.717) is 5.82 Å². The smallest absolute Gasteiger partial charge is 0.138 e. The number of aryl methyl sites for hydroxylation is 2. The Hall–Kier alpha value is -1.69. The molecule has 0 bridgehead atoms. The molecule has 19 heavy (non-hydrogen) atoms. The molecular weight excluding hydrogens is 262 g/mol. The van der Waals surface area contributed by atoms with Crippen molar-refractivity contribution in [2.45, 2.75) is 33.7 Å². The molecule has 2 rings (SSSR count). The van der Waals surface area contributed by atoms with Crippen molar-refractivity contribution in [3.05, 3.63) is 16.8 Å². The molecule has 0 saturated carbocycles. The molecule has 2 aromatic rings. The zero-order chi connectivity index (χ0) is 14.2. The number of aromatic nitrogens is 2. The van der Waals surface area contributed by atoms with Gasteiger partial charge in [-0.15, -0.1) is 11.3 Å².